The number of carbonyl (C=O) groups excluding carboxylic acids is 1. The van der Waals surface area contributed by atoms with E-state index in [0.29, 0.717) is 19.5 Å². The number of hydrogen-bond acceptors (Lipinski definition) is 4. The zero-order valence-corrected chi connectivity index (χ0v) is 19.0. The van der Waals surface area contributed by atoms with Crippen LogP contribution in [0.1, 0.15) is 53.7 Å². The first kappa shape index (κ1) is 22.6. The number of halogens is 1. The van der Waals surface area contributed by atoms with Crippen LogP contribution < -0.4 is 10.1 Å². The Labute approximate surface area is 183 Å². The number of aryl methyl sites for hydroxylation is 1. The first-order chi connectivity index (χ1) is 14.3. The van der Waals surface area contributed by atoms with Crippen LogP contribution in [0.2, 0.25) is 5.02 Å². The third kappa shape index (κ3) is 4.63. The summed E-state index contributed by atoms with van der Waals surface area (Å²) in [5, 5.41) is 3.12. The Bertz CT molecular complexity index is 1030. The van der Waals surface area contributed by atoms with E-state index in [4.69, 9.17) is 16.3 Å². The highest BCUT2D eigenvalue weighted by molar-refractivity contribution is 7.89. The van der Waals surface area contributed by atoms with Crippen LogP contribution in [0.25, 0.3) is 0 Å². The summed E-state index contributed by atoms with van der Waals surface area (Å²) in [5.41, 5.74) is 2.21. The summed E-state index contributed by atoms with van der Waals surface area (Å²) in [6.07, 6.45) is 2.34. The SMILES string of the molecule is CC[C@H](NC(=O)c1ccc(Cl)c(S(=O)(=O)N2CCCC2)c1)c1ccc(OC)c(C)c1. The molecule has 0 spiro atoms. The highest BCUT2D eigenvalue weighted by Crippen LogP contribution is 2.29. The van der Waals surface area contributed by atoms with Gasteiger partial charge in [-0.05, 0) is 61.6 Å². The lowest BCUT2D eigenvalue weighted by Gasteiger charge is -2.20. The molecule has 1 aliphatic rings. The molecular weight excluding hydrogens is 424 g/mol. The van der Waals surface area contributed by atoms with Crippen molar-refractivity contribution in [2.24, 2.45) is 0 Å². The summed E-state index contributed by atoms with van der Waals surface area (Å²) in [4.78, 5) is 12.9. The zero-order valence-electron chi connectivity index (χ0n) is 17.4. The molecule has 162 valence electrons. The molecular formula is C22H27ClN2O4S. The van der Waals surface area contributed by atoms with Gasteiger partial charge in [-0.1, -0.05) is 30.7 Å². The second-order valence-corrected chi connectivity index (χ2v) is 9.73. The number of rotatable bonds is 7. The van der Waals surface area contributed by atoms with Crippen LogP contribution in [0, 0.1) is 6.92 Å². The van der Waals surface area contributed by atoms with Crippen LogP contribution in [0.5, 0.6) is 5.75 Å². The number of nitrogens with zero attached hydrogens (tertiary/aromatic N) is 1. The molecule has 1 fully saturated rings. The van der Waals surface area contributed by atoms with Crippen LogP contribution in [-0.2, 0) is 10.0 Å². The van der Waals surface area contributed by atoms with E-state index >= 15 is 0 Å². The second kappa shape index (κ2) is 9.37. The van der Waals surface area contributed by atoms with E-state index in [2.05, 4.69) is 5.32 Å². The molecule has 1 saturated heterocycles. The van der Waals surface area contributed by atoms with Crippen LogP contribution in [0.3, 0.4) is 0 Å². The van der Waals surface area contributed by atoms with Crippen LogP contribution in [-0.4, -0.2) is 38.8 Å². The maximum Gasteiger partial charge on any atom is 0.251 e. The van der Waals surface area contributed by atoms with Crippen molar-refractivity contribution in [2.45, 2.75) is 44.0 Å². The van der Waals surface area contributed by atoms with Crippen molar-refractivity contribution in [3.05, 3.63) is 58.1 Å². The van der Waals surface area contributed by atoms with Gasteiger partial charge in [-0.15, -0.1) is 0 Å². The van der Waals surface area contributed by atoms with Gasteiger partial charge >= 0.3 is 0 Å². The molecule has 3 rings (SSSR count). The summed E-state index contributed by atoms with van der Waals surface area (Å²) in [7, 11) is -2.10. The summed E-state index contributed by atoms with van der Waals surface area (Å²) >= 11 is 6.19. The van der Waals surface area contributed by atoms with Crippen LogP contribution in [0.4, 0.5) is 0 Å². The van der Waals surface area contributed by atoms with Crippen molar-refractivity contribution < 1.29 is 17.9 Å². The van der Waals surface area contributed by atoms with Gasteiger partial charge in [0.2, 0.25) is 10.0 Å². The lowest BCUT2D eigenvalue weighted by molar-refractivity contribution is 0.0935. The predicted molar refractivity (Wildman–Crippen MR) is 118 cm³/mol. The average molecular weight is 451 g/mol. The van der Waals surface area contributed by atoms with Gasteiger partial charge in [0.15, 0.2) is 0 Å². The second-order valence-electron chi connectivity index (χ2n) is 7.42. The lowest BCUT2D eigenvalue weighted by atomic mass is 10.0. The molecule has 1 N–H and O–H groups in total. The van der Waals surface area contributed by atoms with Gasteiger partial charge in [-0.2, -0.15) is 4.31 Å². The topological polar surface area (TPSA) is 75.7 Å². The Kier molecular flexibility index (Phi) is 7.06. The third-order valence-electron chi connectivity index (χ3n) is 5.41. The van der Waals surface area contributed by atoms with Gasteiger partial charge in [-0.25, -0.2) is 8.42 Å². The Balaban J connectivity index is 1.85. The van der Waals surface area contributed by atoms with Gasteiger partial charge in [0.25, 0.3) is 5.91 Å². The molecule has 1 atom stereocenters. The third-order valence-corrected chi connectivity index (χ3v) is 7.79. The zero-order chi connectivity index (χ0) is 21.9. The van der Waals surface area contributed by atoms with Gasteiger partial charge in [-0.3, -0.25) is 4.79 Å². The van der Waals surface area contributed by atoms with Crippen molar-refractivity contribution in [3.63, 3.8) is 0 Å². The van der Waals surface area contributed by atoms with Crippen LogP contribution >= 0.6 is 11.6 Å². The van der Waals surface area contributed by atoms with Crippen molar-refractivity contribution >= 4 is 27.5 Å². The largest absolute Gasteiger partial charge is 0.496 e. The van der Waals surface area contributed by atoms with E-state index in [1.807, 2.05) is 32.0 Å². The molecule has 0 radical (unpaired) electrons. The maximum absolute atomic E-state index is 12.9. The molecule has 0 aliphatic carbocycles. The normalized spacial score (nSPS) is 15.7. The molecule has 0 saturated carbocycles. The molecule has 8 heteroatoms. The van der Waals surface area contributed by atoms with Gasteiger partial charge in [0, 0.05) is 18.7 Å². The lowest BCUT2D eigenvalue weighted by Crippen LogP contribution is -2.30. The van der Waals surface area contributed by atoms with E-state index in [1.165, 1.54) is 16.4 Å². The maximum atomic E-state index is 12.9. The highest BCUT2D eigenvalue weighted by Gasteiger charge is 2.30. The Morgan fingerprint density at radius 2 is 1.90 bits per heavy atom. The molecule has 0 unspecified atom stereocenters. The number of hydrogen-bond donors (Lipinski definition) is 1. The molecule has 0 bridgehead atoms. The van der Waals surface area contributed by atoms with E-state index in [1.54, 1.807) is 13.2 Å². The fourth-order valence-electron chi connectivity index (χ4n) is 3.69. The van der Waals surface area contributed by atoms with Crippen molar-refractivity contribution in [2.75, 3.05) is 20.2 Å². The van der Waals surface area contributed by atoms with Gasteiger partial charge in [0.05, 0.1) is 18.2 Å². The Hall–Kier alpha value is -2.09. The molecule has 30 heavy (non-hydrogen) atoms. The minimum absolute atomic E-state index is 0.0212. The number of ether oxygens (including phenoxy) is 1. The standard InChI is InChI=1S/C22H27ClN2O4S/c1-4-19(16-8-10-20(29-3)15(2)13-16)24-22(26)17-7-9-18(23)21(14-17)30(27,28)25-11-5-6-12-25/h7-10,13-14,19H,4-6,11-12H2,1-3H3,(H,24,26)/t19-/m0/s1. The Morgan fingerprint density at radius 3 is 2.50 bits per heavy atom. The summed E-state index contributed by atoms with van der Waals surface area (Å²) in [5.74, 6) is 0.444. The van der Waals surface area contributed by atoms with E-state index < -0.39 is 10.0 Å². The van der Waals surface area contributed by atoms with E-state index in [0.717, 1.165) is 29.7 Å². The number of nitrogens with one attached hydrogen (secondary N) is 1. The molecule has 1 amide bonds. The summed E-state index contributed by atoms with van der Waals surface area (Å²) in [6, 6.07) is 9.96. The first-order valence-corrected chi connectivity index (χ1v) is 11.8. The van der Waals surface area contributed by atoms with Gasteiger partial charge < -0.3 is 10.1 Å². The molecule has 2 aromatic carbocycles. The minimum Gasteiger partial charge on any atom is -0.496 e. The summed E-state index contributed by atoms with van der Waals surface area (Å²) < 4.78 is 32.6. The number of benzene rings is 2. The van der Waals surface area contributed by atoms with Crippen LogP contribution in [0.15, 0.2) is 41.3 Å². The molecule has 6 nitrogen and oxygen atoms in total. The van der Waals surface area contributed by atoms with Crippen molar-refractivity contribution in [3.8, 4) is 5.75 Å². The van der Waals surface area contributed by atoms with Gasteiger partial charge in [0.1, 0.15) is 10.6 Å². The van der Waals surface area contributed by atoms with Crippen molar-refractivity contribution in [1.29, 1.82) is 0 Å². The molecule has 1 heterocycles. The predicted octanol–water partition coefficient (Wildman–Crippen LogP) is 4.32. The molecule has 0 aromatic heterocycles. The minimum atomic E-state index is -3.72. The number of amides is 1. The monoisotopic (exact) mass is 450 g/mol. The smallest absolute Gasteiger partial charge is 0.251 e. The molecule has 2 aromatic rings. The fourth-order valence-corrected chi connectivity index (χ4v) is 5.71. The number of carbonyl (C=O) groups is 1. The highest BCUT2D eigenvalue weighted by atomic mass is 35.5. The first-order valence-electron chi connectivity index (χ1n) is 10.0. The molecule has 1 aliphatic heterocycles. The Morgan fingerprint density at radius 1 is 1.20 bits per heavy atom. The summed E-state index contributed by atoms with van der Waals surface area (Å²) in [6.45, 7) is 4.88. The number of sulfonamides is 1. The number of methoxy groups -OCH3 is 1. The fraction of sp³-hybridized carbons (Fsp3) is 0.409. The van der Waals surface area contributed by atoms with E-state index in [-0.39, 0.29) is 27.4 Å². The quantitative estimate of drug-likeness (QED) is 0.681. The average Bonchev–Trinajstić information content (AvgIpc) is 3.28. The van der Waals surface area contributed by atoms with Crippen molar-refractivity contribution in [1.82, 2.24) is 9.62 Å². The van der Waals surface area contributed by atoms with E-state index in [9.17, 15) is 13.2 Å².